The predicted molar refractivity (Wildman–Crippen MR) is 78.9 cm³/mol. The summed E-state index contributed by atoms with van der Waals surface area (Å²) in [5.41, 5.74) is 0. The lowest BCUT2D eigenvalue weighted by Gasteiger charge is -2.26. The Hall–Kier alpha value is -0.990. The molecule has 7 nitrogen and oxygen atoms in total. The van der Waals surface area contributed by atoms with Crippen LogP contribution < -0.4 is 0 Å². The highest BCUT2D eigenvalue weighted by Crippen LogP contribution is 2.34. The molecule has 0 aromatic carbocycles. The molecule has 2 aliphatic rings. The molecule has 8 heteroatoms. The Morgan fingerprint density at radius 2 is 1.90 bits per heavy atom. The van der Waals surface area contributed by atoms with E-state index < -0.39 is 10.2 Å². The first-order valence-electron chi connectivity index (χ1n) is 7.63. The van der Waals surface area contributed by atoms with E-state index in [0.717, 1.165) is 50.3 Å². The average molecular weight is 313 g/mol. The minimum absolute atomic E-state index is 0.170. The normalized spacial score (nSPS) is 24.2. The topological polar surface area (TPSA) is 71.3 Å². The summed E-state index contributed by atoms with van der Waals surface area (Å²) in [4.78, 5) is 0. The van der Waals surface area contributed by atoms with Gasteiger partial charge in [0.25, 0.3) is 10.2 Å². The minimum Gasteiger partial charge on any atom is -0.314 e. The van der Waals surface area contributed by atoms with Gasteiger partial charge in [0.2, 0.25) is 0 Å². The van der Waals surface area contributed by atoms with E-state index in [1.807, 2.05) is 0 Å². The van der Waals surface area contributed by atoms with Gasteiger partial charge in [-0.1, -0.05) is 6.42 Å². The van der Waals surface area contributed by atoms with Crippen molar-refractivity contribution in [1.82, 2.24) is 23.4 Å². The summed E-state index contributed by atoms with van der Waals surface area (Å²) in [7, 11) is -0.245. The average Bonchev–Trinajstić information content (AvgIpc) is 3.00. The van der Waals surface area contributed by atoms with Crippen LogP contribution in [-0.2, 0) is 23.2 Å². The molecule has 1 fully saturated rings. The van der Waals surface area contributed by atoms with Gasteiger partial charge in [-0.15, -0.1) is 10.2 Å². The van der Waals surface area contributed by atoms with E-state index in [9.17, 15) is 8.42 Å². The molecule has 21 heavy (non-hydrogen) atoms. The molecule has 0 saturated carbocycles. The van der Waals surface area contributed by atoms with E-state index >= 15 is 0 Å². The van der Waals surface area contributed by atoms with Gasteiger partial charge in [-0.3, -0.25) is 0 Å². The third-order valence-electron chi connectivity index (χ3n) is 4.40. The van der Waals surface area contributed by atoms with Gasteiger partial charge in [0.05, 0.1) is 6.04 Å². The molecule has 0 bridgehead atoms. The van der Waals surface area contributed by atoms with E-state index in [0.29, 0.717) is 6.54 Å². The van der Waals surface area contributed by atoms with Crippen LogP contribution in [0.4, 0.5) is 0 Å². The molecule has 1 aromatic heterocycles. The quantitative estimate of drug-likeness (QED) is 0.833. The Kier molecular flexibility index (Phi) is 4.02. The first-order valence-corrected chi connectivity index (χ1v) is 9.03. The molecule has 3 rings (SSSR count). The van der Waals surface area contributed by atoms with Crippen LogP contribution in [0.1, 0.15) is 49.8 Å². The second kappa shape index (κ2) is 5.66. The van der Waals surface area contributed by atoms with Crippen molar-refractivity contribution in [3.8, 4) is 0 Å². The zero-order chi connectivity index (χ0) is 15.0. The summed E-state index contributed by atoms with van der Waals surface area (Å²) >= 11 is 0. The fourth-order valence-electron chi connectivity index (χ4n) is 3.24. The Bertz CT molecular complexity index is 610. The van der Waals surface area contributed by atoms with Crippen molar-refractivity contribution < 1.29 is 8.42 Å². The van der Waals surface area contributed by atoms with E-state index in [1.54, 1.807) is 18.4 Å². The van der Waals surface area contributed by atoms with E-state index in [2.05, 4.69) is 14.8 Å². The summed E-state index contributed by atoms with van der Waals surface area (Å²) in [6.45, 7) is 1.47. The van der Waals surface area contributed by atoms with Gasteiger partial charge in [0.15, 0.2) is 5.82 Å². The summed E-state index contributed by atoms with van der Waals surface area (Å²) in [6, 6.07) is -0.170. The van der Waals surface area contributed by atoms with Crippen LogP contribution in [0.5, 0.6) is 0 Å². The van der Waals surface area contributed by atoms with Crippen LogP contribution in [0, 0.1) is 0 Å². The molecular formula is C13H23N5O2S. The minimum atomic E-state index is -3.40. The van der Waals surface area contributed by atoms with Crippen molar-refractivity contribution in [2.75, 3.05) is 20.6 Å². The van der Waals surface area contributed by atoms with Crippen LogP contribution in [0.2, 0.25) is 0 Å². The van der Waals surface area contributed by atoms with Crippen LogP contribution in [0.15, 0.2) is 0 Å². The molecule has 3 heterocycles. The molecule has 0 amide bonds. The lowest BCUT2D eigenvalue weighted by atomic mass is 10.2. The van der Waals surface area contributed by atoms with E-state index in [1.165, 1.54) is 10.7 Å². The standard InChI is InChI=1S/C13H23N5O2S/c1-16(2)21(19,20)18-10-6-7-11(18)13-15-14-12-8-4-3-5-9-17(12)13/h11H,3-10H2,1-2H3/t11-/m1/s1. The number of hydrogen-bond acceptors (Lipinski definition) is 4. The summed E-state index contributed by atoms with van der Waals surface area (Å²) in [5, 5.41) is 8.63. The van der Waals surface area contributed by atoms with Crippen molar-refractivity contribution >= 4 is 10.2 Å². The van der Waals surface area contributed by atoms with E-state index in [4.69, 9.17) is 0 Å². The zero-order valence-corrected chi connectivity index (χ0v) is 13.5. The Labute approximate surface area is 126 Å². The number of aromatic nitrogens is 3. The number of rotatable bonds is 3. The monoisotopic (exact) mass is 313 g/mol. The van der Waals surface area contributed by atoms with Crippen LogP contribution in [-0.4, -0.2) is 52.4 Å². The van der Waals surface area contributed by atoms with Crippen molar-refractivity contribution in [3.63, 3.8) is 0 Å². The lowest BCUT2D eigenvalue weighted by molar-refractivity contribution is 0.344. The Morgan fingerprint density at radius 1 is 1.10 bits per heavy atom. The number of nitrogens with zero attached hydrogens (tertiary/aromatic N) is 5. The van der Waals surface area contributed by atoms with Crippen molar-refractivity contribution in [2.24, 2.45) is 0 Å². The van der Waals surface area contributed by atoms with Gasteiger partial charge in [-0.2, -0.15) is 17.0 Å². The smallest absolute Gasteiger partial charge is 0.282 e. The third-order valence-corrected chi connectivity index (χ3v) is 6.35. The van der Waals surface area contributed by atoms with Gasteiger partial charge in [-0.05, 0) is 25.7 Å². The molecule has 0 unspecified atom stereocenters. The maximum Gasteiger partial charge on any atom is 0.282 e. The molecule has 0 aliphatic carbocycles. The summed E-state index contributed by atoms with van der Waals surface area (Å²) in [5.74, 6) is 1.84. The molecule has 118 valence electrons. The largest absolute Gasteiger partial charge is 0.314 e. The maximum absolute atomic E-state index is 12.5. The van der Waals surface area contributed by atoms with Crippen LogP contribution in [0.25, 0.3) is 0 Å². The van der Waals surface area contributed by atoms with Gasteiger partial charge >= 0.3 is 0 Å². The lowest BCUT2D eigenvalue weighted by Crippen LogP contribution is -2.40. The number of fused-ring (bicyclic) bond motifs is 1. The molecule has 2 aliphatic heterocycles. The molecule has 0 radical (unpaired) electrons. The molecule has 0 N–H and O–H groups in total. The molecule has 0 spiro atoms. The van der Waals surface area contributed by atoms with E-state index in [-0.39, 0.29) is 6.04 Å². The van der Waals surface area contributed by atoms with Crippen LogP contribution in [0.3, 0.4) is 0 Å². The Morgan fingerprint density at radius 3 is 2.67 bits per heavy atom. The molecule has 1 aromatic rings. The Balaban J connectivity index is 1.95. The first-order chi connectivity index (χ1) is 10.0. The van der Waals surface area contributed by atoms with Gasteiger partial charge in [-0.25, -0.2) is 0 Å². The highest BCUT2D eigenvalue weighted by molar-refractivity contribution is 7.86. The fraction of sp³-hybridized carbons (Fsp3) is 0.846. The van der Waals surface area contributed by atoms with Gasteiger partial charge in [0, 0.05) is 33.6 Å². The first kappa shape index (κ1) is 14.9. The highest BCUT2D eigenvalue weighted by atomic mass is 32.2. The summed E-state index contributed by atoms with van der Waals surface area (Å²) < 4.78 is 30.0. The third kappa shape index (κ3) is 2.60. The predicted octanol–water partition coefficient (Wildman–Crippen LogP) is 0.948. The fourth-order valence-corrected chi connectivity index (χ4v) is 4.54. The molecular weight excluding hydrogens is 290 g/mol. The molecule has 1 atom stereocenters. The van der Waals surface area contributed by atoms with Crippen molar-refractivity contribution in [3.05, 3.63) is 11.6 Å². The summed E-state index contributed by atoms with van der Waals surface area (Å²) in [6.07, 6.45) is 6.10. The van der Waals surface area contributed by atoms with Gasteiger partial charge in [0.1, 0.15) is 5.82 Å². The van der Waals surface area contributed by atoms with Crippen LogP contribution >= 0.6 is 0 Å². The maximum atomic E-state index is 12.5. The van der Waals surface area contributed by atoms with Crippen molar-refractivity contribution in [1.29, 1.82) is 0 Å². The van der Waals surface area contributed by atoms with Crippen molar-refractivity contribution in [2.45, 2.75) is 51.1 Å². The SMILES string of the molecule is CN(C)S(=O)(=O)N1CCC[C@@H]1c1nnc2n1CCCCC2. The second-order valence-corrected chi connectivity index (χ2v) is 8.09. The van der Waals surface area contributed by atoms with Gasteiger partial charge < -0.3 is 4.57 Å². The number of hydrogen-bond donors (Lipinski definition) is 0. The molecule has 1 saturated heterocycles. The highest BCUT2D eigenvalue weighted by Gasteiger charge is 2.39. The number of aryl methyl sites for hydroxylation is 1. The zero-order valence-electron chi connectivity index (χ0n) is 12.7. The second-order valence-electron chi connectivity index (χ2n) is 6.00.